The van der Waals surface area contributed by atoms with Crippen molar-refractivity contribution in [1.29, 1.82) is 0 Å². The number of rotatable bonds is 0. The maximum Gasteiger partial charge on any atom is 0.0122 e. The second-order valence-electron chi connectivity index (χ2n) is 3.51. The van der Waals surface area contributed by atoms with Crippen molar-refractivity contribution in [3.05, 3.63) is 0 Å². The largest absolute Gasteiger partial charge is 0.300 e. The molecule has 0 aromatic heterocycles. The van der Waals surface area contributed by atoms with E-state index in [1.54, 1.807) is 0 Å². The standard InChI is InChI=1S/C8H15N/c1-7-4-6-9-5-2-3-8(7)9/h7-8H,2-6H2,1H3. The zero-order valence-corrected chi connectivity index (χ0v) is 6.14. The van der Waals surface area contributed by atoms with Gasteiger partial charge in [-0.2, -0.15) is 0 Å². The molecule has 1 nitrogen and oxygen atoms in total. The SMILES string of the molecule is CC1CCN2CCCC12. The van der Waals surface area contributed by atoms with Crippen LogP contribution in [0.1, 0.15) is 26.2 Å². The van der Waals surface area contributed by atoms with Crippen molar-refractivity contribution in [2.45, 2.75) is 32.2 Å². The predicted octanol–water partition coefficient (Wildman–Crippen LogP) is 1.49. The summed E-state index contributed by atoms with van der Waals surface area (Å²) in [7, 11) is 0. The average molecular weight is 125 g/mol. The summed E-state index contributed by atoms with van der Waals surface area (Å²) in [5.74, 6) is 0.993. The lowest BCUT2D eigenvalue weighted by Crippen LogP contribution is -2.24. The van der Waals surface area contributed by atoms with Gasteiger partial charge >= 0.3 is 0 Å². The molecule has 0 spiro atoms. The highest BCUT2D eigenvalue weighted by atomic mass is 15.2. The van der Waals surface area contributed by atoms with Gasteiger partial charge in [0.2, 0.25) is 0 Å². The van der Waals surface area contributed by atoms with E-state index in [1.165, 1.54) is 32.4 Å². The van der Waals surface area contributed by atoms with E-state index in [-0.39, 0.29) is 0 Å². The third kappa shape index (κ3) is 0.787. The van der Waals surface area contributed by atoms with E-state index in [0.29, 0.717) is 0 Å². The Kier molecular flexibility index (Phi) is 1.26. The maximum absolute atomic E-state index is 2.66. The lowest BCUT2D eigenvalue weighted by atomic mass is 10.0. The van der Waals surface area contributed by atoms with Crippen LogP contribution >= 0.6 is 0 Å². The normalized spacial score (nSPS) is 43.7. The quantitative estimate of drug-likeness (QED) is 0.474. The summed E-state index contributed by atoms with van der Waals surface area (Å²) >= 11 is 0. The third-order valence-electron chi connectivity index (χ3n) is 2.94. The molecule has 2 saturated heterocycles. The minimum Gasteiger partial charge on any atom is -0.300 e. The molecule has 0 saturated carbocycles. The first-order valence-electron chi connectivity index (χ1n) is 4.12. The summed E-state index contributed by atoms with van der Waals surface area (Å²) in [5, 5.41) is 0. The molecule has 2 unspecified atom stereocenters. The van der Waals surface area contributed by atoms with Gasteiger partial charge in [-0.05, 0) is 38.3 Å². The zero-order chi connectivity index (χ0) is 6.27. The van der Waals surface area contributed by atoms with E-state index < -0.39 is 0 Å². The highest BCUT2D eigenvalue weighted by Crippen LogP contribution is 2.31. The predicted molar refractivity (Wildman–Crippen MR) is 38.4 cm³/mol. The van der Waals surface area contributed by atoms with Crippen molar-refractivity contribution >= 4 is 0 Å². The van der Waals surface area contributed by atoms with Crippen LogP contribution in [0.25, 0.3) is 0 Å². The van der Waals surface area contributed by atoms with Crippen LogP contribution in [0.15, 0.2) is 0 Å². The van der Waals surface area contributed by atoms with Gasteiger partial charge in [0.05, 0.1) is 0 Å². The Morgan fingerprint density at radius 1 is 1.22 bits per heavy atom. The van der Waals surface area contributed by atoms with Crippen LogP contribution in [-0.2, 0) is 0 Å². The van der Waals surface area contributed by atoms with Gasteiger partial charge in [-0.3, -0.25) is 0 Å². The van der Waals surface area contributed by atoms with Gasteiger partial charge in [0, 0.05) is 6.04 Å². The minimum absolute atomic E-state index is 0.977. The summed E-state index contributed by atoms with van der Waals surface area (Å²) in [5.41, 5.74) is 0. The Hall–Kier alpha value is -0.0400. The molecule has 0 aromatic carbocycles. The van der Waals surface area contributed by atoms with Crippen molar-refractivity contribution in [3.63, 3.8) is 0 Å². The average Bonchev–Trinajstić information content (AvgIpc) is 2.35. The number of fused-ring (bicyclic) bond motifs is 1. The molecule has 0 N–H and O–H groups in total. The van der Waals surface area contributed by atoms with E-state index in [1.807, 2.05) is 0 Å². The lowest BCUT2D eigenvalue weighted by Gasteiger charge is -2.16. The first-order chi connectivity index (χ1) is 4.38. The van der Waals surface area contributed by atoms with Gasteiger partial charge in [0.25, 0.3) is 0 Å². The second-order valence-corrected chi connectivity index (χ2v) is 3.51. The van der Waals surface area contributed by atoms with Crippen LogP contribution < -0.4 is 0 Å². The van der Waals surface area contributed by atoms with Crippen LogP contribution in [0.3, 0.4) is 0 Å². The molecule has 9 heavy (non-hydrogen) atoms. The maximum atomic E-state index is 2.66. The van der Waals surface area contributed by atoms with Crippen molar-refractivity contribution in [3.8, 4) is 0 Å². The van der Waals surface area contributed by atoms with Crippen LogP contribution in [-0.4, -0.2) is 24.0 Å². The molecule has 52 valence electrons. The molecule has 2 fully saturated rings. The Balaban J connectivity index is 2.07. The smallest absolute Gasteiger partial charge is 0.0122 e. The Labute approximate surface area is 57.0 Å². The molecule has 2 atom stereocenters. The van der Waals surface area contributed by atoms with Crippen LogP contribution in [0.4, 0.5) is 0 Å². The molecule has 0 amide bonds. The molecule has 0 aliphatic carbocycles. The number of hydrogen-bond donors (Lipinski definition) is 0. The van der Waals surface area contributed by atoms with Gasteiger partial charge < -0.3 is 4.90 Å². The van der Waals surface area contributed by atoms with Crippen LogP contribution in [0, 0.1) is 5.92 Å². The zero-order valence-electron chi connectivity index (χ0n) is 6.14. The molecular formula is C8H15N. The first kappa shape index (κ1) is 5.72. The Morgan fingerprint density at radius 2 is 2.11 bits per heavy atom. The highest BCUT2D eigenvalue weighted by molar-refractivity contribution is 4.88. The summed E-state index contributed by atoms with van der Waals surface area (Å²) in [6, 6.07) is 0.977. The molecule has 1 heteroatoms. The molecule has 2 heterocycles. The van der Waals surface area contributed by atoms with Crippen LogP contribution in [0.2, 0.25) is 0 Å². The van der Waals surface area contributed by atoms with Gasteiger partial charge in [0.15, 0.2) is 0 Å². The van der Waals surface area contributed by atoms with Gasteiger partial charge in [-0.1, -0.05) is 6.92 Å². The molecule has 0 radical (unpaired) electrons. The topological polar surface area (TPSA) is 3.24 Å². The monoisotopic (exact) mass is 125 g/mol. The Bertz CT molecular complexity index is 111. The molecule has 0 aromatic rings. The molecule has 2 rings (SSSR count). The van der Waals surface area contributed by atoms with Crippen molar-refractivity contribution in [2.75, 3.05) is 13.1 Å². The van der Waals surface area contributed by atoms with Crippen molar-refractivity contribution in [2.24, 2.45) is 5.92 Å². The van der Waals surface area contributed by atoms with Crippen LogP contribution in [0.5, 0.6) is 0 Å². The number of hydrogen-bond acceptors (Lipinski definition) is 1. The van der Waals surface area contributed by atoms with E-state index in [4.69, 9.17) is 0 Å². The van der Waals surface area contributed by atoms with Gasteiger partial charge in [-0.15, -0.1) is 0 Å². The minimum atomic E-state index is 0.977. The van der Waals surface area contributed by atoms with E-state index >= 15 is 0 Å². The fourth-order valence-corrected chi connectivity index (χ4v) is 2.34. The number of nitrogens with zero attached hydrogens (tertiary/aromatic N) is 1. The Morgan fingerprint density at radius 3 is 2.89 bits per heavy atom. The molecule has 0 bridgehead atoms. The molecular weight excluding hydrogens is 110 g/mol. The highest BCUT2D eigenvalue weighted by Gasteiger charge is 2.33. The second kappa shape index (κ2) is 1.98. The van der Waals surface area contributed by atoms with Crippen molar-refractivity contribution in [1.82, 2.24) is 4.90 Å². The fraction of sp³-hybridized carbons (Fsp3) is 1.00. The lowest BCUT2D eigenvalue weighted by molar-refractivity contribution is 0.298. The van der Waals surface area contributed by atoms with E-state index in [0.717, 1.165) is 12.0 Å². The van der Waals surface area contributed by atoms with Gasteiger partial charge in [0.1, 0.15) is 0 Å². The first-order valence-corrected chi connectivity index (χ1v) is 4.12. The molecule has 2 aliphatic heterocycles. The summed E-state index contributed by atoms with van der Waals surface area (Å²) in [6.45, 7) is 5.16. The third-order valence-corrected chi connectivity index (χ3v) is 2.94. The van der Waals surface area contributed by atoms with E-state index in [9.17, 15) is 0 Å². The van der Waals surface area contributed by atoms with Crippen molar-refractivity contribution < 1.29 is 0 Å². The molecule has 2 aliphatic rings. The van der Waals surface area contributed by atoms with Gasteiger partial charge in [-0.25, -0.2) is 0 Å². The fourth-order valence-electron chi connectivity index (χ4n) is 2.34. The summed E-state index contributed by atoms with van der Waals surface area (Å²) in [4.78, 5) is 2.66. The summed E-state index contributed by atoms with van der Waals surface area (Å²) in [6.07, 6.45) is 4.38. The summed E-state index contributed by atoms with van der Waals surface area (Å²) < 4.78 is 0. The van der Waals surface area contributed by atoms with E-state index in [2.05, 4.69) is 11.8 Å².